The third-order valence-corrected chi connectivity index (χ3v) is 4.13. The minimum absolute atomic E-state index is 0.453. The van der Waals surface area contributed by atoms with Gasteiger partial charge >= 0.3 is 0 Å². The Morgan fingerprint density at radius 2 is 1.75 bits per heavy atom. The van der Waals surface area contributed by atoms with Crippen LogP contribution in [0.4, 0.5) is 0 Å². The number of nitrogens with zero attached hydrogens (tertiary/aromatic N) is 1. The van der Waals surface area contributed by atoms with Crippen molar-refractivity contribution < 1.29 is 0 Å². The standard InChI is InChI=1S/C17H29ClN2/c1-4-19-13-7-5-6-8-14-20(3)15(2)16-9-11-17(18)12-10-16/h9-12,15,19H,4-8,13-14H2,1-3H3. The van der Waals surface area contributed by atoms with E-state index in [1.165, 1.54) is 31.2 Å². The van der Waals surface area contributed by atoms with E-state index in [1.54, 1.807) is 0 Å². The summed E-state index contributed by atoms with van der Waals surface area (Å²) in [5.41, 5.74) is 1.34. The summed E-state index contributed by atoms with van der Waals surface area (Å²) < 4.78 is 0. The van der Waals surface area contributed by atoms with Crippen molar-refractivity contribution in [3.63, 3.8) is 0 Å². The molecule has 0 radical (unpaired) electrons. The SMILES string of the molecule is CCNCCCCCCN(C)C(C)c1ccc(Cl)cc1. The second kappa shape index (κ2) is 10.2. The topological polar surface area (TPSA) is 15.3 Å². The van der Waals surface area contributed by atoms with Crippen molar-refractivity contribution in [1.82, 2.24) is 10.2 Å². The van der Waals surface area contributed by atoms with Gasteiger partial charge in [-0.1, -0.05) is 43.5 Å². The number of nitrogens with one attached hydrogen (secondary N) is 1. The summed E-state index contributed by atoms with van der Waals surface area (Å²) in [5.74, 6) is 0. The fourth-order valence-corrected chi connectivity index (χ4v) is 2.46. The summed E-state index contributed by atoms with van der Waals surface area (Å²) in [6, 6.07) is 8.65. The van der Waals surface area contributed by atoms with Gasteiger partial charge in [-0.25, -0.2) is 0 Å². The number of rotatable bonds is 10. The summed E-state index contributed by atoms with van der Waals surface area (Å²) in [4.78, 5) is 2.42. The van der Waals surface area contributed by atoms with Crippen molar-refractivity contribution in [2.24, 2.45) is 0 Å². The van der Waals surface area contributed by atoms with Gasteiger partial charge in [-0.05, 0) is 64.1 Å². The van der Waals surface area contributed by atoms with Gasteiger partial charge in [0.15, 0.2) is 0 Å². The zero-order valence-corrected chi connectivity index (χ0v) is 13.9. The highest BCUT2D eigenvalue weighted by Gasteiger charge is 2.10. The van der Waals surface area contributed by atoms with Crippen LogP contribution in [0.1, 0.15) is 51.1 Å². The molecule has 0 amide bonds. The Balaban J connectivity index is 2.18. The number of benzene rings is 1. The van der Waals surface area contributed by atoms with Gasteiger partial charge in [0.05, 0.1) is 0 Å². The molecule has 0 aliphatic rings. The molecule has 1 aromatic carbocycles. The van der Waals surface area contributed by atoms with E-state index in [1.807, 2.05) is 12.1 Å². The van der Waals surface area contributed by atoms with Gasteiger partial charge in [0.25, 0.3) is 0 Å². The van der Waals surface area contributed by atoms with Gasteiger partial charge in [-0.2, -0.15) is 0 Å². The Hall–Kier alpha value is -0.570. The van der Waals surface area contributed by atoms with E-state index in [2.05, 4.69) is 43.2 Å². The van der Waals surface area contributed by atoms with Crippen molar-refractivity contribution >= 4 is 11.6 Å². The highest BCUT2D eigenvalue weighted by molar-refractivity contribution is 6.30. The lowest BCUT2D eigenvalue weighted by Crippen LogP contribution is -2.23. The summed E-state index contributed by atoms with van der Waals surface area (Å²) >= 11 is 5.93. The highest BCUT2D eigenvalue weighted by Crippen LogP contribution is 2.21. The molecule has 1 aromatic rings. The average Bonchev–Trinajstić information content (AvgIpc) is 2.46. The maximum absolute atomic E-state index is 5.93. The second-order valence-electron chi connectivity index (χ2n) is 5.48. The van der Waals surface area contributed by atoms with Crippen LogP contribution in [-0.2, 0) is 0 Å². The smallest absolute Gasteiger partial charge is 0.0406 e. The van der Waals surface area contributed by atoms with Gasteiger partial charge in [0, 0.05) is 11.1 Å². The van der Waals surface area contributed by atoms with Gasteiger partial charge in [0.1, 0.15) is 0 Å². The Morgan fingerprint density at radius 1 is 1.10 bits per heavy atom. The first-order valence-corrected chi connectivity index (χ1v) is 8.19. The summed E-state index contributed by atoms with van der Waals surface area (Å²) in [5, 5.41) is 4.18. The van der Waals surface area contributed by atoms with Crippen LogP contribution < -0.4 is 5.32 Å². The summed E-state index contributed by atoms with van der Waals surface area (Å²) in [7, 11) is 2.21. The molecule has 1 atom stereocenters. The third-order valence-electron chi connectivity index (χ3n) is 3.88. The van der Waals surface area contributed by atoms with Crippen LogP contribution in [0.3, 0.4) is 0 Å². The molecule has 0 aromatic heterocycles. The molecule has 0 spiro atoms. The molecule has 3 heteroatoms. The molecule has 1 unspecified atom stereocenters. The van der Waals surface area contributed by atoms with Crippen LogP contribution in [0.15, 0.2) is 24.3 Å². The van der Waals surface area contributed by atoms with Crippen LogP contribution in [-0.4, -0.2) is 31.6 Å². The normalized spacial score (nSPS) is 12.8. The molecule has 0 heterocycles. The van der Waals surface area contributed by atoms with Crippen molar-refractivity contribution in [2.75, 3.05) is 26.7 Å². The Morgan fingerprint density at radius 3 is 2.40 bits per heavy atom. The summed E-state index contributed by atoms with van der Waals surface area (Å²) in [6.07, 6.45) is 5.23. The molecule has 0 aliphatic carbocycles. The van der Waals surface area contributed by atoms with E-state index in [9.17, 15) is 0 Å². The number of halogens is 1. The lowest BCUT2D eigenvalue weighted by Gasteiger charge is -2.25. The fourth-order valence-electron chi connectivity index (χ4n) is 2.33. The van der Waals surface area contributed by atoms with Gasteiger partial charge in [-0.15, -0.1) is 0 Å². The van der Waals surface area contributed by atoms with Crippen molar-refractivity contribution in [3.05, 3.63) is 34.9 Å². The highest BCUT2D eigenvalue weighted by atomic mass is 35.5. The third kappa shape index (κ3) is 6.74. The van der Waals surface area contributed by atoms with E-state index < -0.39 is 0 Å². The predicted octanol–water partition coefficient (Wildman–Crippen LogP) is 4.50. The molecule has 114 valence electrons. The Bertz CT molecular complexity index is 351. The zero-order valence-electron chi connectivity index (χ0n) is 13.2. The largest absolute Gasteiger partial charge is 0.317 e. The molecular formula is C17H29ClN2. The van der Waals surface area contributed by atoms with Crippen molar-refractivity contribution in [2.45, 2.75) is 45.6 Å². The molecule has 2 nitrogen and oxygen atoms in total. The lowest BCUT2D eigenvalue weighted by atomic mass is 10.1. The van der Waals surface area contributed by atoms with E-state index in [0.717, 1.165) is 24.7 Å². The van der Waals surface area contributed by atoms with E-state index in [0.29, 0.717) is 6.04 Å². The molecule has 0 saturated heterocycles. The molecule has 20 heavy (non-hydrogen) atoms. The molecule has 0 fully saturated rings. The van der Waals surface area contributed by atoms with Crippen LogP contribution in [0.5, 0.6) is 0 Å². The molecule has 1 rings (SSSR count). The number of hydrogen-bond donors (Lipinski definition) is 1. The first kappa shape index (κ1) is 17.5. The average molecular weight is 297 g/mol. The zero-order chi connectivity index (χ0) is 14.8. The van der Waals surface area contributed by atoms with E-state index >= 15 is 0 Å². The molecular weight excluding hydrogens is 268 g/mol. The van der Waals surface area contributed by atoms with E-state index in [-0.39, 0.29) is 0 Å². The molecule has 1 N–H and O–H groups in total. The van der Waals surface area contributed by atoms with Crippen LogP contribution in [0.2, 0.25) is 5.02 Å². The maximum atomic E-state index is 5.93. The minimum Gasteiger partial charge on any atom is -0.317 e. The van der Waals surface area contributed by atoms with Gasteiger partial charge in [0.2, 0.25) is 0 Å². The Labute approximate surface area is 129 Å². The monoisotopic (exact) mass is 296 g/mol. The first-order valence-electron chi connectivity index (χ1n) is 7.81. The van der Waals surface area contributed by atoms with Crippen LogP contribution in [0.25, 0.3) is 0 Å². The maximum Gasteiger partial charge on any atom is 0.0406 e. The van der Waals surface area contributed by atoms with Crippen LogP contribution >= 0.6 is 11.6 Å². The fraction of sp³-hybridized carbons (Fsp3) is 0.647. The lowest BCUT2D eigenvalue weighted by molar-refractivity contribution is 0.255. The van der Waals surface area contributed by atoms with Gasteiger partial charge < -0.3 is 5.32 Å². The van der Waals surface area contributed by atoms with E-state index in [4.69, 9.17) is 11.6 Å². The predicted molar refractivity (Wildman–Crippen MR) is 89.5 cm³/mol. The van der Waals surface area contributed by atoms with Crippen molar-refractivity contribution in [3.8, 4) is 0 Å². The molecule has 0 aliphatic heterocycles. The minimum atomic E-state index is 0.453. The summed E-state index contributed by atoms with van der Waals surface area (Å²) in [6.45, 7) is 7.82. The quantitative estimate of drug-likeness (QED) is 0.639. The number of hydrogen-bond acceptors (Lipinski definition) is 2. The first-order chi connectivity index (χ1) is 9.65. The van der Waals surface area contributed by atoms with Crippen molar-refractivity contribution in [1.29, 1.82) is 0 Å². The van der Waals surface area contributed by atoms with Crippen LogP contribution in [0, 0.1) is 0 Å². The number of unbranched alkanes of at least 4 members (excludes halogenated alkanes) is 3. The molecule has 0 bridgehead atoms. The van der Waals surface area contributed by atoms with Gasteiger partial charge in [-0.3, -0.25) is 4.90 Å². The molecule has 0 saturated carbocycles. The Kier molecular flexibility index (Phi) is 8.92. The second-order valence-corrected chi connectivity index (χ2v) is 5.91.